The number of aryl methyl sites for hydroxylation is 1. The fourth-order valence-corrected chi connectivity index (χ4v) is 1.93. The minimum absolute atomic E-state index is 0.439. The molecule has 2 aromatic heterocycles. The molecule has 0 amide bonds. The largest absolute Gasteiger partial charge is 0.464 e. The summed E-state index contributed by atoms with van der Waals surface area (Å²) >= 11 is 1.59. The van der Waals surface area contributed by atoms with Crippen molar-refractivity contribution in [1.29, 1.82) is 0 Å². The van der Waals surface area contributed by atoms with E-state index in [4.69, 9.17) is 10.2 Å². The van der Waals surface area contributed by atoms with Crippen molar-refractivity contribution in [3.05, 3.63) is 30.0 Å². The van der Waals surface area contributed by atoms with Gasteiger partial charge in [0.1, 0.15) is 17.8 Å². The van der Waals surface area contributed by atoms with Gasteiger partial charge in [-0.2, -0.15) is 0 Å². The summed E-state index contributed by atoms with van der Waals surface area (Å²) in [4.78, 5) is 0. The SMILES string of the molecule is Cn1cnnc1SCc1ccc(CN)o1. The average Bonchev–Trinajstić information content (AvgIpc) is 2.84. The Morgan fingerprint density at radius 2 is 2.27 bits per heavy atom. The third kappa shape index (κ3) is 2.40. The number of rotatable bonds is 4. The highest BCUT2D eigenvalue weighted by Crippen LogP contribution is 2.20. The van der Waals surface area contributed by atoms with Gasteiger partial charge in [-0.15, -0.1) is 10.2 Å². The number of nitrogens with zero attached hydrogens (tertiary/aromatic N) is 3. The van der Waals surface area contributed by atoms with Gasteiger partial charge in [-0.25, -0.2) is 0 Å². The average molecular weight is 224 g/mol. The summed E-state index contributed by atoms with van der Waals surface area (Å²) in [7, 11) is 1.91. The van der Waals surface area contributed by atoms with Crippen LogP contribution in [-0.4, -0.2) is 14.8 Å². The Morgan fingerprint density at radius 3 is 2.87 bits per heavy atom. The molecule has 0 bridgehead atoms. The summed E-state index contributed by atoms with van der Waals surface area (Å²) < 4.78 is 7.34. The molecule has 6 heteroatoms. The van der Waals surface area contributed by atoms with E-state index in [1.54, 1.807) is 18.1 Å². The van der Waals surface area contributed by atoms with Crippen molar-refractivity contribution in [2.45, 2.75) is 17.5 Å². The van der Waals surface area contributed by atoms with E-state index in [2.05, 4.69) is 10.2 Å². The van der Waals surface area contributed by atoms with Crippen LogP contribution in [-0.2, 0) is 19.3 Å². The highest BCUT2D eigenvalue weighted by molar-refractivity contribution is 7.98. The van der Waals surface area contributed by atoms with Crippen LogP contribution < -0.4 is 5.73 Å². The van der Waals surface area contributed by atoms with Crippen LogP contribution in [0.3, 0.4) is 0 Å². The molecule has 0 unspecified atom stereocenters. The van der Waals surface area contributed by atoms with Crippen LogP contribution in [0, 0.1) is 0 Å². The zero-order valence-corrected chi connectivity index (χ0v) is 9.20. The monoisotopic (exact) mass is 224 g/mol. The fraction of sp³-hybridized carbons (Fsp3) is 0.333. The summed E-state index contributed by atoms with van der Waals surface area (Å²) in [6, 6.07) is 3.83. The Kier molecular flexibility index (Phi) is 3.08. The molecule has 2 aromatic rings. The van der Waals surface area contributed by atoms with Crippen LogP contribution in [0.2, 0.25) is 0 Å². The normalized spacial score (nSPS) is 10.8. The van der Waals surface area contributed by atoms with Crippen molar-refractivity contribution in [2.24, 2.45) is 12.8 Å². The van der Waals surface area contributed by atoms with Crippen LogP contribution in [0.25, 0.3) is 0 Å². The van der Waals surface area contributed by atoms with E-state index in [1.807, 2.05) is 23.7 Å². The third-order valence-electron chi connectivity index (χ3n) is 1.93. The van der Waals surface area contributed by atoms with Gasteiger partial charge in [0.25, 0.3) is 0 Å². The van der Waals surface area contributed by atoms with Gasteiger partial charge in [0.2, 0.25) is 0 Å². The second-order valence-corrected chi connectivity index (χ2v) is 4.03. The van der Waals surface area contributed by atoms with Crippen molar-refractivity contribution in [1.82, 2.24) is 14.8 Å². The molecule has 0 saturated heterocycles. The third-order valence-corrected chi connectivity index (χ3v) is 2.99. The van der Waals surface area contributed by atoms with Crippen molar-refractivity contribution < 1.29 is 4.42 Å². The number of aromatic nitrogens is 3. The van der Waals surface area contributed by atoms with Crippen molar-refractivity contribution in [3.8, 4) is 0 Å². The lowest BCUT2D eigenvalue weighted by Crippen LogP contribution is -1.92. The summed E-state index contributed by atoms with van der Waals surface area (Å²) in [6.45, 7) is 0.439. The quantitative estimate of drug-likeness (QED) is 0.789. The molecule has 0 radical (unpaired) electrons. The highest BCUT2D eigenvalue weighted by atomic mass is 32.2. The molecular formula is C9H12N4OS. The predicted molar refractivity (Wildman–Crippen MR) is 57.2 cm³/mol. The highest BCUT2D eigenvalue weighted by Gasteiger charge is 2.05. The van der Waals surface area contributed by atoms with E-state index in [0.717, 1.165) is 22.4 Å². The van der Waals surface area contributed by atoms with Gasteiger partial charge in [0.15, 0.2) is 5.16 Å². The Balaban J connectivity index is 1.96. The first-order valence-electron chi connectivity index (χ1n) is 4.54. The smallest absolute Gasteiger partial charge is 0.191 e. The van der Waals surface area contributed by atoms with Crippen molar-refractivity contribution in [2.75, 3.05) is 0 Å². The maximum Gasteiger partial charge on any atom is 0.191 e. The van der Waals surface area contributed by atoms with E-state index in [-0.39, 0.29) is 0 Å². The van der Waals surface area contributed by atoms with E-state index >= 15 is 0 Å². The Bertz CT molecular complexity index is 437. The van der Waals surface area contributed by atoms with Crippen LogP contribution in [0.4, 0.5) is 0 Å². The first-order valence-corrected chi connectivity index (χ1v) is 5.52. The second kappa shape index (κ2) is 4.50. The fourth-order valence-electron chi connectivity index (χ4n) is 1.15. The molecule has 0 aliphatic carbocycles. The predicted octanol–water partition coefficient (Wildman–Crippen LogP) is 1.16. The van der Waals surface area contributed by atoms with Gasteiger partial charge in [0, 0.05) is 7.05 Å². The second-order valence-electron chi connectivity index (χ2n) is 3.09. The summed E-state index contributed by atoms with van der Waals surface area (Å²) in [6.07, 6.45) is 1.68. The molecule has 2 N–H and O–H groups in total. The van der Waals surface area contributed by atoms with Crippen LogP contribution in [0.5, 0.6) is 0 Å². The minimum atomic E-state index is 0.439. The van der Waals surface area contributed by atoms with Crippen LogP contribution in [0.15, 0.2) is 28.0 Å². The van der Waals surface area contributed by atoms with Crippen LogP contribution >= 0.6 is 11.8 Å². The molecule has 80 valence electrons. The first-order chi connectivity index (χ1) is 7.29. The zero-order valence-electron chi connectivity index (χ0n) is 8.38. The maximum absolute atomic E-state index is 5.47. The standard InChI is InChI=1S/C9H12N4OS/c1-13-6-11-12-9(13)15-5-8-3-2-7(4-10)14-8/h2-3,6H,4-5,10H2,1H3. The molecule has 15 heavy (non-hydrogen) atoms. The van der Waals surface area contributed by atoms with Gasteiger partial charge in [-0.05, 0) is 12.1 Å². The molecule has 0 aromatic carbocycles. The number of hydrogen-bond donors (Lipinski definition) is 1. The lowest BCUT2D eigenvalue weighted by molar-refractivity contribution is 0.482. The molecule has 5 nitrogen and oxygen atoms in total. The molecule has 0 saturated carbocycles. The molecule has 2 rings (SSSR count). The Hall–Kier alpha value is -1.27. The molecular weight excluding hydrogens is 212 g/mol. The van der Waals surface area contributed by atoms with E-state index < -0.39 is 0 Å². The first kappa shape index (κ1) is 10.3. The number of thioether (sulfide) groups is 1. The van der Waals surface area contributed by atoms with Crippen LogP contribution in [0.1, 0.15) is 11.5 Å². The Morgan fingerprint density at radius 1 is 1.47 bits per heavy atom. The number of hydrogen-bond acceptors (Lipinski definition) is 5. The molecule has 0 aliphatic rings. The molecule has 0 spiro atoms. The molecule has 2 heterocycles. The molecule has 0 atom stereocenters. The van der Waals surface area contributed by atoms with Gasteiger partial charge in [-0.1, -0.05) is 11.8 Å². The summed E-state index contributed by atoms with van der Waals surface area (Å²) in [5.41, 5.74) is 5.45. The van der Waals surface area contributed by atoms with E-state index in [9.17, 15) is 0 Å². The number of furan rings is 1. The maximum atomic E-state index is 5.47. The summed E-state index contributed by atoms with van der Waals surface area (Å²) in [5.74, 6) is 2.46. The van der Waals surface area contributed by atoms with E-state index in [1.165, 1.54) is 0 Å². The Labute approximate surface area is 91.7 Å². The number of nitrogens with two attached hydrogens (primary N) is 1. The van der Waals surface area contributed by atoms with Gasteiger partial charge >= 0.3 is 0 Å². The van der Waals surface area contributed by atoms with E-state index in [0.29, 0.717) is 6.54 Å². The van der Waals surface area contributed by atoms with Gasteiger partial charge < -0.3 is 14.7 Å². The minimum Gasteiger partial charge on any atom is -0.464 e. The van der Waals surface area contributed by atoms with Gasteiger partial charge in [-0.3, -0.25) is 0 Å². The lowest BCUT2D eigenvalue weighted by atomic mass is 10.4. The summed E-state index contributed by atoms with van der Waals surface area (Å²) in [5, 5.41) is 8.64. The topological polar surface area (TPSA) is 69.9 Å². The zero-order chi connectivity index (χ0) is 10.7. The lowest BCUT2D eigenvalue weighted by Gasteiger charge is -1.97. The van der Waals surface area contributed by atoms with Gasteiger partial charge in [0.05, 0.1) is 12.3 Å². The van der Waals surface area contributed by atoms with Crippen molar-refractivity contribution in [3.63, 3.8) is 0 Å². The van der Waals surface area contributed by atoms with Crippen molar-refractivity contribution >= 4 is 11.8 Å². The molecule has 0 fully saturated rings. The molecule has 0 aliphatic heterocycles.